The molecule has 0 aliphatic carbocycles. The smallest absolute Gasteiger partial charge is 0.462 e. The lowest BCUT2D eigenvalue weighted by Crippen LogP contribution is -2.29. The van der Waals surface area contributed by atoms with E-state index in [4.69, 9.17) is 19.7 Å². The molecule has 10 heteroatoms. The van der Waals surface area contributed by atoms with Gasteiger partial charge in [-0.25, -0.2) is 4.57 Å². The first-order valence-electron chi connectivity index (χ1n) is 13.0. The molecule has 34 heavy (non-hydrogen) atoms. The van der Waals surface area contributed by atoms with E-state index < -0.39 is 32.5 Å². The molecular weight excluding hydrogens is 461 g/mol. The Hall–Kier alpha value is -0.990. The lowest BCUT2D eigenvalue weighted by atomic mass is 10.1. The second-order valence-corrected chi connectivity index (χ2v) is 10.0. The van der Waals surface area contributed by atoms with Gasteiger partial charge in [0.05, 0.1) is 13.2 Å². The first kappa shape index (κ1) is 33.0. The van der Waals surface area contributed by atoms with Crippen molar-refractivity contribution in [3.63, 3.8) is 0 Å². The predicted molar refractivity (Wildman–Crippen MR) is 132 cm³/mol. The number of unbranched alkanes of at least 4 members (excludes halogenated alkanes) is 11. The molecule has 0 radical (unpaired) electrons. The highest BCUT2D eigenvalue weighted by Crippen LogP contribution is 2.43. The second-order valence-electron chi connectivity index (χ2n) is 8.57. The minimum Gasteiger partial charge on any atom is -0.462 e. The predicted octanol–water partition coefficient (Wildman–Crippen LogP) is 5.43. The van der Waals surface area contributed by atoms with Crippen LogP contribution in [0.3, 0.4) is 0 Å². The van der Waals surface area contributed by atoms with Gasteiger partial charge in [-0.05, 0) is 12.8 Å². The number of rotatable bonds is 24. The first-order valence-corrected chi connectivity index (χ1v) is 14.5. The van der Waals surface area contributed by atoms with Crippen LogP contribution in [0.5, 0.6) is 0 Å². The van der Waals surface area contributed by atoms with Crippen molar-refractivity contribution in [2.45, 2.75) is 116 Å². The number of hydrogen-bond donors (Lipinski definition) is 2. The molecule has 0 aromatic carbocycles. The monoisotopic (exact) mass is 509 g/mol. The molecule has 0 amide bonds. The third kappa shape index (κ3) is 21.5. The summed E-state index contributed by atoms with van der Waals surface area (Å²) >= 11 is 0. The van der Waals surface area contributed by atoms with Crippen LogP contribution in [0.2, 0.25) is 0 Å². The summed E-state index contributed by atoms with van der Waals surface area (Å²) < 4.78 is 32.0. The number of hydrogen-bond acceptors (Lipinski definition) is 8. The van der Waals surface area contributed by atoms with Crippen molar-refractivity contribution in [2.75, 3.05) is 26.4 Å². The zero-order valence-electron chi connectivity index (χ0n) is 21.3. The van der Waals surface area contributed by atoms with Gasteiger partial charge in [-0.2, -0.15) is 0 Å². The van der Waals surface area contributed by atoms with E-state index in [2.05, 4.69) is 18.4 Å². The molecule has 0 aliphatic rings. The Morgan fingerprint density at radius 2 is 1.26 bits per heavy atom. The standard InChI is InChI=1S/C24H48NO8P/c1-3-5-7-9-10-11-12-13-15-17-24(27)33-22(21-32-34(28,29)31-19-18-25)20-30-23(26)16-14-8-6-4-2/h22H,3-21,25H2,1-2H3,(H,28,29)/t22-/m1/s1. The molecule has 202 valence electrons. The largest absolute Gasteiger partial charge is 0.472 e. The van der Waals surface area contributed by atoms with E-state index >= 15 is 0 Å². The Kier molecular flexibility index (Phi) is 21.8. The molecule has 1 unspecified atom stereocenters. The zero-order valence-corrected chi connectivity index (χ0v) is 22.2. The molecule has 2 atom stereocenters. The Bertz CT molecular complexity index is 561. The maximum atomic E-state index is 12.2. The van der Waals surface area contributed by atoms with Crippen LogP contribution in [0.1, 0.15) is 110 Å². The van der Waals surface area contributed by atoms with Gasteiger partial charge in [-0.3, -0.25) is 18.6 Å². The molecule has 0 aliphatic heterocycles. The van der Waals surface area contributed by atoms with Gasteiger partial charge in [-0.1, -0.05) is 84.5 Å². The molecule has 0 fully saturated rings. The van der Waals surface area contributed by atoms with E-state index in [9.17, 15) is 19.0 Å². The van der Waals surface area contributed by atoms with Crippen molar-refractivity contribution in [1.29, 1.82) is 0 Å². The quantitative estimate of drug-likeness (QED) is 0.0992. The number of phosphoric ester groups is 1. The van der Waals surface area contributed by atoms with E-state index in [0.717, 1.165) is 44.9 Å². The highest BCUT2D eigenvalue weighted by molar-refractivity contribution is 7.47. The van der Waals surface area contributed by atoms with Crippen LogP contribution in [0, 0.1) is 0 Å². The van der Waals surface area contributed by atoms with Crippen molar-refractivity contribution in [1.82, 2.24) is 0 Å². The maximum absolute atomic E-state index is 12.2. The summed E-state index contributed by atoms with van der Waals surface area (Å²) in [5.41, 5.74) is 5.26. The SMILES string of the molecule is CCCCCCCCCCCC(=O)O[C@H](COC(=O)CCCCCC)COP(=O)(O)OCCN. The van der Waals surface area contributed by atoms with E-state index in [1.807, 2.05) is 0 Å². The van der Waals surface area contributed by atoms with Crippen LogP contribution in [-0.4, -0.2) is 49.3 Å². The summed E-state index contributed by atoms with van der Waals surface area (Å²) in [5.74, 6) is -0.853. The van der Waals surface area contributed by atoms with E-state index in [0.29, 0.717) is 6.42 Å². The fraction of sp³-hybridized carbons (Fsp3) is 0.917. The summed E-state index contributed by atoms with van der Waals surface area (Å²) in [4.78, 5) is 33.9. The molecule has 0 saturated carbocycles. The van der Waals surface area contributed by atoms with Crippen molar-refractivity contribution in [3.05, 3.63) is 0 Å². The van der Waals surface area contributed by atoms with Gasteiger partial charge >= 0.3 is 19.8 Å². The number of esters is 2. The van der Waals surface area contributed by atoms with Crippen LogP contribution in [0.25, 0.3) is 0 Å². The highest BCUT2D eigenvalue weighted by Gasteiger charge is 2.25. The summed E-state index contributed by atoms with van der Waals surface area (Å²) in [6, 6.07) is 0. The van der Waals surface area contributed by atoms with Crippen molar-refractivity contribution in [3.8, 4) is 0 Å². The zero-order chi connectivity index (χ0) is 25.5. The van der Waals surface area contributed by atoms with Crippen LogP contribution in [0.4, 0.5) is 0 Å². The summed E-state index contributed by atoms with van der Waals surface area (Å²) in [6.45, 7) is 3.53. The van der Waals surface area contributed by atoms with E-state index in [1.165, 1.54) is 32.1 Å². The Morgan fingerprint density at radius 3 is 1.82 bits per heavy atom. The van der Waals surface area contributed by atoms with Crippen LogP contribution in [-0.2, 0) is 32.7 Å². The Morgan fingerprint density at radius 1 is 0.765 bits per heavy atom. The average Bonchev–Trinajstić information content (AvgIpc) is 2.81. The van der Waals surface area contributed by atoms with Crippen LogP contribution >= 0.6 is 7.82 Å². The molecular formula is C24H48NO8P. The normalized spacial score (nSPS) is 13.9. The molecule has 0 heterocycles. The lowest BCUT2D eigenvalue weighted by Gasteiger charge is -2.19. The average molecular weight is 510 g/mol. The van der Waals surface area contributed by atoms with Gasteiger partial charge in [0.15, 0.2) is 6.10 Å². The third-order valence-electron chi connectivity index (χ3n) is 5.24. The number of carbonyl (C=O) groups is 2. The number of ether oxygens (including phenoxy) is 2. The highest BCUT2D eigenvalue weighted by atomic mass is 31.2. The molecule has 0 saturated heterocycles. The molecule has 9 nitrogen and oxygen atoms in total. The second kappa shape index (κ2) is 22.5. The molecule has 0 rings (SSSR count). The van der Waals surface area contributed by atoms with E-state index in [1.54, 1.807) is 0 Å². The van der Waals surface area contributed by atoms with Crippen molar-refractivity contribution < 1.29 is 37.6 Å². The lowest BCUT2D eigenvalue weighted by molar-refractivity contribution is -0.161. The van der Waals surface area contributed by atoms with Gasteiger partial charge in [-0.15, -0.1) is 0 Å². The minimum atomic E-state index is -4.34. The fourth-order valence-electron chi connectivity index (χ4n) is 3.28. The van der Waals surface area contributed by atoms with Gasteiger partial charge in [0, 0.05) is 19.4 Å². The summed E-state index contributed by atoms with van der Waals surface area (Å²) in [6.07, 6.45) is 13.5. The number of nitrogens with two attached hydrogens (primary N) is 1. The minimum absolute atomic E-state index is 0.0563. The van der Waals surface area contributed by atoms with Crippen molar-refractivity contribution >= 4 is 19.8 Å². The number of phosphoric acid groups is 1. The molecule has 0 spiro atoms. The van der Waals surface area contributed by atoms with Crippen LogP contribution in [0.15, 0.2) is 0 Å². The Balaban J connectivity index is 4.38. The molecule has 0 bridgehead atoms. The molecule has 3 N–H and O–H groups in total. The number of carbonyl (C=O) groups excluding carboxylic acids is 2. The summed E-state index contributed by atoms with van der Waals surface area (Å²) in [7, 11) is -4.34. The van der Waals surface area contributed by atoms with Gasteiger partial charge < -0.3 is 20.1 Å². The molecule has 0 aromatic rings. The van der Waals surface area contributed by atoms with E-state index in [-0.39, 0.29) is 32.6 Å². The molecule has 0 aromatic heterocycles. The van der Waals surface area contributed by atoms with Gasteiger partial charge in [0.25, 0.3) is 0 Å². The third-order valence-corrected chi connectivity index (χ3v) is 6.23. The fourth-order valence-corrected chi connectivity index (χ4v) is 4.04. The van der Waals surface area contributed by atoms with Gasteiger partial charge in [0.1, 0.15) is 6.61 Å². The van der Waals surface area contributed by atoms with Crippen molar-refractivity contribution in [2.24, 2.45) is 5.73 Å². The Labute approximate surface area is 206 Å². The maximum Gasteiger partial charge on any atom is 0.472 e. The first-order chi connectivity index (χ1) is 16.3. The summed E-state index contributed by atoms with van der Waals surface area (Å²) in [5, 5.41) is 0. The topological polar surface area (TPSA) is 134 Å². The van der Waals surface area contributed by atoms with Crippen LogP contribution < -0.4 is 5.73 Å². The van der Waals surface area contributed by atoms with Gasteiger partial charge in [0.2, 0.25) is 0 Å².